The van der Waals surface area contributed by atoms with Crippen LogP contribution in [0.4, 0.5) is 0 Å². The fourth-order valence-corrected chi connectivity index (χ4v) is 3.38. The lowest BCUT2D eigenvalue weighted by molar-refractivity contribution is -0.154. The number of alkyl halides is 1. The van der Waals surface area contributed by atoms with Crippen LogP contribution in [0.3, 0.4) is 0 Å². The highest BCUT2D eigenvalue weighted by molar-refractivity contribution is 9.09. The summed E-state index contributed by atoms with van der Waals surface area (Å²) < 4.78 is 0. The lowest BCUT2D eigenvalue weighted by Crippen LogP contribution is -2.40. The van der Waals surface area contributed by atoms with E-state index in [1.807, 2.05) is 6.92 Å². The second-order valence-corrected chi connectivity index (χ2v) is 5.40. The van der Waals surface area contributed by atoms with Crippen LogP contribution in [-0.2, 0) is 4.79 Å². The molecule has 2 atom stereocenters. The van der Waals surface area contributed by atoms with Gasteiger partial charge in [-0.15, -0.1) is 0 Å². The van der Waals surface area contributed by atoms with Gasteiger partial charge in [-0.3, -0.25) is 4.79 Å². The van der Waals surface area contributed by atoms with Gasteiger partial charge in [0.05, 0.1) is 5.41 Å². The zero-order valence-electron chi connectivity index (χ0n) is 8.43. The van der Waals surface area contributed by atoms with E-state index in [1.54, 1.807) is 0 Å². The molecule has 0 aromatic rings. The monoisotopic (exact) mass is 248 g/mol. The molecule has 1 aliphatic carbocycles. The lowest BCUT2D eigenvalue weighted by atomic mass is 9.66. The molecule has 0 aromatic heterocycles. The van der Waals surface area contributed by atoms with E-state index in [1.165, 1.54) is 0 Å². The van der Waals surface area contributed by atoms with Crippen molar-refractivity contribution in [3.8, 4) is 0 Å². The Morgan fingerprint density at radius 1 is 1.54 bits per heavy atom. The minimum atomic E-state index is -0.652. The van der Waals surface area contributed by atoms with Crippen LogP contribution in [0.25, 0.3) is 0 Å². The molecule has 0 radical (unpaired) electrons. The van der Waals surface area contributed by atoms with Crippen LogP contribution in [0.2, 0.25) is 0 Å². The fraction of sp³-hybridized carbons (Fsp3) is 0.900. The van der Waals surface area contributed by atoms with Crippen LogP contribution >= 0.6 is 15.9 Å². The van der Waals surface area contributed by atoms with Crippen LogP contribution in [0.5, 0.6) is 0 Å². The maximum Gasteiger partial charge on any atom is 0.309 e. The molecule has 2 nitrogen and oxygen atoms in total. The number of rotatable bonds is 2. The van der Waals surface area contributed by atoms with Crippen LogP contribution in [-0.4, -0.2) is 16.4 Å². The molecule has 1 fully saturated rings. The molecule has 0 amide bonds. The van der Waals surface area contributed by atoms with E-state index in [-0.39, 0.29) is 5.41 Å². The normalized spacial score (nSPS) is 37.7. The minimum Gasteiger partial charge on any atom is -0.481 e. The van der Waals surface area contributed by atoms with Crippen molar-refractivity contribution in [3.05, 3.63) is 0 Å². The van der Waals surface area contributed by atoms with E-state index in [4.69, 9.17) is 0 Å². The molecule has 0 unspecified atom stereocenters. The van der Waals surface area contributed by atoms with Gasteiger partial charge in [-0.1, -0.05) is 29.8 Å². The third-order valence-electron chi connectivity index (χ3n) is 4.09. The summed E-state index contributed by atoms with van der Waals surface area (Å²) in [5.74, 6) is -0.172. The number of aliphatic carboxylic acids is 1. The van der Waals surface area contributed by atoms with Gasteiger partial charge in [0.25, 0.3) is 0 Å². The van der Waals surface area contributed by atoms with Crippen LogP contribution in [0.1, 0.15) is 33.6 Å². The minimum absolute atomic E-state index is 0.109. The molecule has 1 aliphatic rings. The molecular formula is C10H17BrO2. The Labute approximate surface area is 87.8 Å². The van der Waals surface area contributed by atoms with Gasteiger partial charge in [-0.2, -0.15) is 0 Å². The van der Waals surface area contributed by atoms with Gasteiger partial charge in [0, 0.05) is 5.33 Å². The largest absolute Gasteiger partial charge is 0.481 e. The van der Waals surface area contributed by atoms with Crippen molar-refractivity contribution in [1.29, 1.82) is 0 Å². The van der Waals surface area contributed by atoms with E-state index in [9.17, 15) is 9.90 Å². The van der Waals surface area contributed by atoms with Crippen LogP contribution in [0, 0.1) is 16.7 Å². The average molecular weight is 249 g/mol. The summed E-state index contributed by atoms with van der Waals surface area (Å²) in [6.45, 7) is 6.01. The van der Waals surface area contributed by atoms with E-state index in [0.29, 0.717) is 5.92 Å². The molecule has 0 aliphatic heterocycles. The number of hydrogen-bond acceptors (Lipinski definition) is 1. The average Bonchev–Trinajstić information content (AvgIpc) is 2.25. The second-order valence-electron chi connectivity index (χ2n) is 4.75. The van der Waals surface area contributed by atoms with Gasteiger partial charge in [0.1, 0.15) is 0 Å². The highest BCUT2D eigenvalue weighted by Gasteiger charge is 2.55. The summed E-state index contributed by atoms with van der Waals surface area (Å²) in [5.41, 5.74) is -0.659. The maximum absolute atomic E-state index is 11.2. The first-order chi connectivity index (χ1) is 5.86. The quantitative estimate of drug-likeness (QED) is 0.764. The first-order valence-electron chi connectivity index (χ1n) is 4.65. The standard InChI is InChI=1S/C10H17BrO2/c1-9(2)7(6-11)4-5-10(9,3)8(12)13/h7H,4-6H2,1-3H3,(H,12,13)/t7-,10-/m1/s1. The molecule has 1 saturated carbocycles. The van der Waals surface area contributed by atoms with Crippen molar-refractivity contribution in [2.45, 2.75) is 33.6 Å². The third-order valence-corrected chi connectivity index (χ3v) is 4.88. The van der Waals surface area contributed by atoms with Crippen molar-refractivity contribution in [1.82, 2.24) is 0 Å². The van der Waals surface area contributed by atoms with Gasteiger partial charge in [-0.25, -0.2) is 0 Å². The molecule has 0 saturated heterocycles. The van der Waals surface area contributed by atoms with E-state index in [0.717, 1.165) is 18.2 Å². The molecular weight excluding hydrogens is 232 g/mol. The zero-order chi connectivity index (χ0) is 10.3. The van der Waals surface area contributed by atoms with Crippen molar-refractivity contribution in [2.24, 2.45) is 16.7 Å². The summed E-state index contributed by atoms with van der Waals surface area (Å²) in [4.78, 5) is 11.2. The van der Waals surface area contributed by atoms with E-state index >= 15 is 0 Å². The first kappa shape index (κ1) is 11.0. The van der Waals surface area contributed by atoms with E-state index < -0.39 is 11.4 Å². The second kappa shape index (κ2) is 3.26. The van der Waals surface area contributed by atoms with Gasteiger partial charge < -0.3 is 5.11 Å². The Morgan fingerprint density at radius 2 is 2.08 bits per heavy atom. The lowest BCUT2D eigenvalue weighted by Gasteiger charge is -2.37. The highest BCUT2D eigenvalue weighted by Crippen LogP contribution is 2.56. The molecule has 0 aromatic carbocycles. The van der Waals surface area contributed by atoms with Crippen molar-refractivity contribution in [3.63, 3.8) is 0 Å². The van der Waals surface area contributed by atoms with Crippen molar-refractivity contribution < 1.29 is 9.90 Å². The summed E-state index contributed by atoms with van der Waals surface area (Å²) in [6, 6.07) is 0. The molecule has 76 valence electrons. The zero-order valence-corrected chi connectivity index (χ0v) is 10.0. The predicted octanol–water partition coefficient (Wildman–Crippen LogP) is 2.91. The number of halogens is 1. The topological polar surface area (TPSA) is 37.3 Å². The summed E-state index contributed by atoms with van der Waals surface area (Å²) in [6.07, 6.45) is 1.81. The Morgan fingerprint density at radius 3 is 2.31 bits per heavy atom. The molecule has 3 heteroatoms. The molecule has 0 spiro atoms. The van der Waals surface area contributed by atoms with Gasteiger partial charge in [0.2, 0.25) is 0 Å². The number of carbonyl (C=O) groups is 1. The van der Waals surface area contributed by atoms with Gasteiger partial charge in [-0.05, 0) is 31.1 Å². The maximum atomic E-state index is 11.2. The van der Waals surface area contributed by atoms with Crippen LogP contribution < -0.4 is 0 Å². The molecule has 1 rings (SSSR count). The Bertz CT molecular complexity index is 225. The SMILES string of the molecule is CC1(C)[C@@H](CBr)CC[C@]1(C)C(=O)O. The van der Waals surface area contributed by atoms with E-state index in [2.05, 4.69) is 29.8 Å². The fourth-order valence-electron chi connectivity index (χ4n) is 2.25. The smallest absolute Gasteiger partial charge is 0.309 e. The summed E-state index contributed by atoms with van der Waals surface area (Å²) in [5, 5.41) is 10.1. The number of hydrogen-bond donors (Lipinski definition) is 1. The Balaban J connectivity index is 2.99. The summed E-state index contributed by atoms with van der Waals surface area (Å²) >= 11 is 3.46. The molecule has 0 bridgehead atoms. The Kier molecular flexibility index (Phi) is 2.77. The van der Waals surface area contributed by atoms with Crippen molar-refractivity contribution in [2.75, 3.05) is 5.33 Å². The highest BCUT2D eigenvalue weighted by atomic mass is 79.9. The molecule has 0 heterocycles. The van der Waals surface area contributed by atoms with Gasteiger partial charge >= 0.3 is 5.97 Å². The Hall–Kier alpha value is -0.0500. The molecule has 1 N–H and O–H groups in total. The third kappa shape index (κ3) is 1.41. The predicted molar refractivity (Wildman–Crippen MR) is 56.0 cm³/mol. The van der Waals surface area contributed by atoms with Crippen LogP contribution in [0.15, 0.2) is 0 Å². The van der Waals surface area contributed by atoms with Gasteiger partial charge in [0.15, 0.2) is 0 Å². The number of carboxylic acid groups (broad SMARTS) is 1. The summed E-state index contributed by atoms with van der Waals surface area (Å²) in [7, 11) is 0. The first-order valence-corrected chi connectivity index (χ1v) is 5.78. The molecule has 13 heavy (non-hydrogen) atoms. The van der Waals surface area contributed by atoms with Crippen molar-refractivity contribution >= 4 is 21.9 Å². The number of carboxylic acids is 1.